The quantitative estimate of drug-likeness (QED) is 0.857. The van der Waals surface area contributed by atoms with E-state index in [1.807, 2.05) is 16.8 Å². The Morgan fingerprint density at radius 1 is 1.61 bits per heavy atom. The summed E-state index contributed by atoms with van der Waals surface area (Å²) in [4.78, 5) is 24.5. The summed E-state index contributed by atoms with van der Waals surface area (Å²) < 4.78 is 0. The molecule has 0 bridgehead atoms. The van der Waals surface area contributed by atoms with Crippen molar-refractivity contribution in [2.75, 3.05) is 0 Å². The Balaban J connectivity index is 1.97. The molecule has 2 N–H and O–H groups in total. The van der Waals surface area contributed by atoms with Gasteiger partial charge in [-0.3, -0.25) is 4.79 Å². The average molecular weight is 268 g/mol. The minimum atomic E-state index is -1.02. The lowest BCUT2D eigenvalue weighted by Gasteiger charge is -2.23. The van der Waals surface area contributed by atoms with E-state index in [-0.39, 0.29) is 12.1 Å². The minimum Gasteiger partial charge on any atom is -0.480 e. The predicted octanol–water partition coefficient (Wildman–Crippen LogP) is 1.90. The highest BCUT2D eigenvalue weighted by Gasteiger charge is 2.33. The van der Waals surface area contributed by atoms with Gasteiger partial charge in [0, 0.05) is 12.6 Å². The largest absolute Gasteiger partial charge is 0.480 e. The summed E-state index contributed by atoms with van der Waals surface area (Å²) in [7, 11) is 0. The predicted molar refractivity (Wildman–Crippen MR) is 68.5 cm³/mol. The van der Waals surface area contributed by atoms with Gasteiger partial charge in [-0.15, -0.1) is 0 Å². The molecule has 0 aromatic carbocycles. The molecule has 2 amide bonds. The maximum atomic E-state index is 12.0. The number of amides is 2. The monoisotopic (exact) mass is 268 g/mol. The van der Waals surface area contributed by atoms with Crippen LogP contribution in [0, 0.1) is 0 Å². The highest BCUT2D eigenvalue weighted by Crippen LogP contribution is 2.28. The molecule has 98 valence electrons. The molecule has 1 atom stereocenters. The van der Waals surface area contributed by atoms with E-state index in [0.29, 0.717) is 6.54 Å². The number of carbonyl (C=O) groups is 2. The molecule has 0 radical (unpaired) electrons. The zero-order valence-electron chi connectivity index (χ0n) is 10.1. The highest BCUT2D eigenvalue weighted by atomic mass is 32.1. The van der Waals surface area contributed by atoms with Gasteiger partial charge < -0.3 is 15.3 Å². The summed E-state index contributed by atoms with van der Waals surface area (Å²) in [5.74, 6) is -1.02. The second-order valence-electron chi connectivity index (χ2n) is 4.50. The SMILES string of the molecule is CC(NC(=O)N(Cc1ccsc1)C1CC1)C(=O)O. The van der Waals surface area contributed by atoms with Crippen molar-refractivity contribution in [2.45, 2.75) is 38.4 Å². The van der Waals surface area contributed by atoms with E-state index in [2.05, 4.69) is 5.32 Å². The number of hydrogen-bond acceptors (Lipinski definition) is 3. The third-order valence-corrected chi connectivity index (χ3v) is 3.62. The molecule has 1 heterocycles. The number of urea groups is 1. The molecule has 1 aromatic heterocycles. The van der Waals surface area contributed by atoms with Crippen LogP contribution in [0.25, 0.3) is 0 Å². The van der Waals surface area contributed by atoms with Crippen LogP contribution in [0.5, 0.6) is 0 Å². The zero-order chi connectivity index (χ0) is 13.1. The number of rotatable bonds is 5. The van der Waals surface area contributed by atoms with Crippen molar-refractivity contribution in [1.29, 1.82) is 0 Å². The number of nitrogens with one attached hydrogen (secondary N) is 1. The number of carbonyl (C=O) groups excluding carboxylic acids is 1. The van der Waals surface area contributed by atoms with Crippen LogP contribution in [0.15, 0.2) is 16.8 Å². The Kier molecular flexibility index (Phi) is 3.86. The molecular formula is C12H16N2O3S. The van der Waals surface area contributed by atoms with Crippen molar-refractivity contribution in [1.82, 2.24) is 10.2 Å². The number of carboxylic acid groups (broad SMARTS) is 1. The van der Waals surface area contributed by atoms with E-state index in [1.165, 1.54) is 6.92 Å². The second kappa shape index (κ2) is 5.39. The van der Waals surface area contributed by atoms with Crippen molar-refractivity contribution >= 4 is 23.3 Å². The Labute approximate surface area is 109 Å². The summed E-state index contributed by atoms with van der Waals surface area (Å²) in [5, 5.41) is 15.3. The van der Waals surface area contributed by atoms with Crippen LogP contribution in [0.1, 0.15) is 25.3 Å². The normalized spacial score (nSPS) is 16.1. The molecule has 1 fully saturated rings. The van der Waals surface area contributed by atoms with E-state index >= 15 is 0 Å². The first-order chi connectivity index (χ1) is 8.58. The first-order valence-electron chi connectivity index (χ1n) is 5.89. The fraction of sp³-hybridized carbons (Fsp3) is 0.500. The fourth-order valence-electron chi connectivity index (χ4n) is 1.66. The minimum absolute atomic E-state index is 0.255. The Morgan fingerprint density at radius 3 is 2.83 bits per heavy atom. The van der Waals surface area contributed by atoms with Gasteiger partial charge in [-0.25, -0.2) is 4.79 Å². The third-order valence-electron chi connectivity index (χ3n) is 2.89. The van der Waals surface area contributed by atoms with E-state index in [4.69, 9.17) is 5.11 Å². The van der Waals surface area contributed by atoms with Gasteiger partial charge in [0.05, 0.1) is 0 Å². The first-order valence-corrected chi connectivity index (χ1v) is 6.83. The molecule has 2 rings (SSSR count). The van der Waals surface area contributed by atoms with Crippen LogP contribution in [0.2, 0.25) is 0 Å². The smallest absolute Gasteiger partial charge is 0.325 e. The van der Waals surface area contributed by atoms with Gasteiger partial charge >= 0.3 is 12.0 Å². The van der Waals surface area contributed by atoms with Crippen LogP contribution in [0.4, 0.5) is 4.79 Å². The fourth-order valence-corrected chi connectivity index (χ4v) is 2.32. The van der Waals surface area contributed by atoms with Crippen LogP contribution in [0.3, 0.4) is 0 Å². The van der Waals surface area contributed by atoms with E-state index in [1.54, 1.807) is 16.2 Å². The molecule has 18 heavy (non-hydrogen) atoms. The number of carboxylic acids is 1. The van der Waals surface area contributed by atoms with Crippen LogP contribution in [-0.4, -0.2) is 34.1 Å². The van der Waals surface area contributed by atoms with Gasteiger partial charge in [0.25, 0.3) is 0 Å². The lowest BCUT2D eigenvalue weighted by Crippen LogP contribution is -2.47. The molecule has 1 aliphatic rings. The van der Waals surface area contributed by atoms with Crippen molar-refractivity contribution in [3.63, 3.8) is 0 Å². The van der Waals surface area contributed by atoms with Gasteiger partial charge in [0.15, 0.2) is 0 Å². The van der Waals surface area contributed by atoms with Gasteiger partial charge in [-0.05, 0) is 42.2 Å². The number of aliphatic carboxylic acids is 1. The summed E-state index contributed by atoms with van der Waals surface area (Å²) in [6.07, 6.45) is 2.00. The van der Waals surface area contributed by atoms with Gasteiger partial charge in [0.1, 0.15) is 6.04 Å². The lowest BCUT2D eigenvalue weighted by molar-refractivity contribution is -0.138. The maximum Gasteiger partial charge on any atom is 0.325 e. The molecule has 6 heteroatoms. The summed E-state index contributed by atoms with van der Waals surface area (Å²) >= 11 is 1.59. The number of hydrogen-bond donors (Lipinski definition) is 2. The molecule has 0 spiro atoms. The molecule has 0 aliphatic heterocycles. The third kappa shape index (κ3) is 3.22. The number of thiophene rings is 1. The molecular weight excluding hydrogens is 252 g/mol. The summed E-state index contributed by atoms with van der Waals surface area (Å²) in [6.45, 7) is 2.02. The van der Waals surface area contributed by atoms with E-state index in [9.17, 15) is 9.59 Å². The van der Waals surface area contributed by atoms with Crippen LogP contribution in [-0.2, 0) is 11.3 Å². The molecule has 5 nitrogen and oxygen atoms in total. The van der Waals surface area contributed by atoms with Gasteiger partial charge in [-0.1, -0.05) is 0 Å². The Bertz CT molecular complexity index is 429. The topological polar surface area (TPSA) is 69.6 Å². The van der Waals surface area contributed by atoms with Crippen LogP contribution >= 0.6 is 11.3 Å². The van der Waals surface area contributed by atoms with Crippen molar-refractivity contribution in [3.05, 3.63) is 22.4 Å². The summed E-state index contributed by atoms with van der Waals surface area (Å²) in [6, 6.07) is 1.08. The Morgan fingerprint density at radius 2 is 2.33 bits per heavy atom. The zero-order valence-corrected chi connectivity index (χ0v) is 10.9. The second-order valence-corrected chi connectivity index (χ2v) is 5.28. The molecule has 1 unspecified atom stereocenters. The van der Waals surface area contributed by atoms with Crippen LogP contribution < -0.4 is 5.32 Å². The maximum absolute atomic E-state index is 12.0. The molecule has 1 aromatic rings. The van der Waals surface area contributed by atoms with Gasteiger partial charge in [-0.2, -0.15) is 11.3 Å². The van der Waals surface area contributed by atoms with Crippen molar-refractivity contribution in [2.24, 2.45) is 0 Å². The summed E-state index contributed by atoms with van der Waals surface area (Å²) in [5.41, 5.74) is 1.09. The van der Waals surface area contributed by atoms with Crippen molar-refractivity contribution in [3.8, 4) is 0 Å². The first kappa shape index (κ1) is 12.9. The van der Waals surface area contributed by atoms with Gasteiger partial charge in [0.2, 0.25) is 0 Å². The number of nitrogens with zero attached hydrogens (tertiary/aromatic N) is 1. The Hall–Kier alpha value is -1.56. The molecule has 0 saturated heterocycles. The lowest BCUT2D eigenvalue weighted by atomic mass is 10.3. The standard InChI is InChI=1S/C12H16N2O3S/c1-8(11(15)16)13-12(17)14(10-2-3-10)6-9-4-5-18-7-9/h4-5,7-8,10H,2-3,6H2,1H3,(H,13,17)(H,15,16). The molecule has 1 aliphatic carbocycles. The van der Waals surface area contributed by atoms with Crippen molar-refractivity contribution < 1.29 is 14.7 Å². The molecule has 1 saturated carbocycles. The van der Waals surface area contributed by atoms with E-state index in [0.717, 1.165) is 18.4 Å². The average Bonchev–Trinajstić information content (AvgIpc) is 3.03. The van der Waals surface area contributed by atoms with E-state index < -0.39 is 12.0 Å². The highest BCUT2D eigenvalue weighted by molar-refractivity contribution is 7.07.